The van der Waals surface area contributed by atoms with Crippen molar-refractivity contribution in [3.63, 3.8) is 0 Å². The molecule has 4 aliphatic rings. The van der Waals surface area contributed by atoms with E-state index in [2.05, 4.69) is 45.0 Å². The van der Waals surface area contributed by atoms with E-state index in [0.29, 0.717) is 32.2 Å². The fraction of sp³-hybridized carbons (Fsp3) is 0.943. The molecule has 46 heavy (non-hydrogen) atoms. The number of hydrogen-bond acceptors (Lipinski definition) is 9. The lowest BCUT2D eigenvalue weighted by molar-refractivity contribution is -0.327. The first-order chi connectivity index (χ1) is 21.5. The fourth-order valence-corrected chi connectivity index (χ4v) is 9.21. The Hall–Kier alpha value is -1.34. The third-order valence-corrected chi connectivity index (χ3v) is 11.8. The molecule has 0 radical (unpaired) electrons. The first-order valence-electron chi connectivity index (χ1n) is 17.7. The first-order valence-corrected chi connectivity index (χ1v) is 17.7. The van der Waals surface area contributed by atoms with Crippen LogP contribution in [0.25, 0.3) is 0 Å². The van der Waals surface area contributed by atoms with Crippen LogP contribution in [0.2, 0.25) is 0 Å². The molecule has 4 heterocycles. The van der Waals surface area contributed by atoms with E-state index in [9.17, 15) is 19.8 Å². The van der Waals surface area contributed by atoms with Gasteiger partial charge in [-0.3, -0.25) is 9.59 Å². The molecule has 4 saturated heterocycles. The van der Waals surface area contributed by atoms with Crippen molar-refractivity contribution in [1.29, 1.82) is 0 Å². The second kappa shape index (κ2) is 15.0. The normalized spacial score (nSPS) is 46.4. The number of aliphatic hydroxyl groups is 2. The molecule has 0 aromatic carbocycles. The third-order valence-electron chi connectivity index (χ3n) is 11.8. The van der Waals surface area contributed by atoms with E-state index in [1.165, 1.54) is 0 Å². The molecule has 11 heteroatoms. The van der Waals surface area contributed by atoms with Gasteiger partial charge in [0.05, 0.1) is 42.2 Å². The third kappa shape index (κ3) is 7.92. The second-order valence-corrected chi connectivity index (χ2v) is 15.6. The summed E-state index contributed by atoms with van der Waals surface area (Å²) >= 11 is 0. The summed E-state index contributed by atoms with van der Waals surface area (Å²) in [6.07, 6.45) is 1.21. The lowest BCUT2D eigenvalue weighted by Crippen LogP contribution is -2.64. The van der Waals surface area contributed by atoms with Gasteiger partial charge in [0.2, 0.25) is 11.8 Å². The minimum absolute atomic E-state index is 0.0103. The Morgan fingerprint density at radius 3 is 2.43 bits per heavy atom. The molecular formula is C35H63N3O8. The molecule has 2 amide bonds. The van der Waals surface area contributed by atoms with Crippen LogP contribution in [0.5, 0.6) is 0 Å². The molecule has 11 nitrogen and oxygen atoms in total. The van der Waals surface area contributed by atoms with Gasteiger partial charge >= 0.3 is 0 Å². The van der Waals surface area contributed by atoms with Gasteiger partial charge in [0, 0.05) is 45.0 Å². The SMILES string of the molecule is CCCN(C)[C@H]1C[C@@H](C)O[C@H]2O[C@@H]3[C@@H](C)[C@H](C[C@H]4C[C@@](C)(OC)[C@@H](O)[C@H](C)O4)[C@@H](C)C(=O)NCC(=O)N(C)C[C@H](C)C[C@]3(O)C[C@@H]21. The van der Waals surface area contributed by atoms with Crippen LogP contribution < -0.4 is 5.32 Å². The molecule has 14 atom stereocenters. The average Bonchev–Trinajstić information content (AvgIpc) is 2.99. The van der Waals surface area contributed by atoms with Crippen molar-refractivity contribution < 1.29 is 38.7 Å². The van der Waals surface area contributed by atoms with Crippen molar-refractivity contribution in [2.24, 2.45) is 29.6 Å². The number of aliphatic hydroxyl groups excluding tert-OH is 1. The van der Waals surface area contributed by atoms with Crippen molar-refractivity contribution in [3.8, 4) is 0 Å². The molecule has 0 bridgehead atoms. The molecule has 0 saturated carbocycles. The summed E-state index contributed by atoms with van der Waals surface area (Å²) in [5.41, 5.74) is -2.01. The maximum atomic E-state index is 13.7. The number of nitrogens with one attached hydrogen (secondary N) is 1. The minimum atomic E-state index is -1.21. The zero-order valence-electron chi connectivity index (χ0n) is 30.0. The minimum Gasteiger partial charge on any atom is -0.387 e. The summed E-state index contributed by atoms with van der Waals surface area (Å²) in [7, 11) is 5.51. The van der Waals surface area contributed by atoms with Crippen LogP contribution in [0.15, 0.2) is 0 Å². The van der Waals surface area contributed by atoms with E-state index in [0.717, 1.165) is 19.4 Å². The summed E-state index contributed by atoms with van der Waals surface area (Å²) in [5.74, 6) is -1.46. The van der Waals surface area contributed by atoms with E-state index in [-0.39, 0.29) is 60.3 Å². The lowest BCUT2D eigenvalue weighted by atomic mass is 9.65. The number of fused-ring (bicyclic) bond motifs is 2. The largest absolute Gasteiger partial charge is 0.387 e. The van der Waals surface area contributed by atoms with E-state index in [1.807, 2.05) is 20.8 Å². The maximum Gasteiger partial charge on any atom is 0.241 e. The number of likely N-dealkylation sites (N-methyl/N-ethyl adjacent to an activating group) is 1. The van der Waals surface area contributed by atoms with Gasteiger partial charge in [-0.05, 0) is 84.2 Å². The number of methoxy groups -OCH3 is 1. The van der Waals surface area contributed by atoms with E-state index >= 15 is 0 Å². The number of carbonyl (C=O) groups excluding carboxylic acids is 2. The van der Waals surface area contributed by atoms with Crippen molar-refractivity contribution >= 4 is 11.8 Å². The Morgan fingerprint density at radius 2 is 1.78 bits per heavy atom. The molecule has 4 rings (SSSR count). The van der Waals surface area contributed by atoms with Gasteiger partial charge in [0.1, 0.15) is 6.10 Å². The highest BCUT2D eigenvalue weighted by molar-refractivity contribution is 5.85. The number of amides is 2. The van der Waals surface area contributed by atoms with Gasteiger partial charge in [-0.15, -0.1) is 0 Å². The number of hydrogen-bond donors (Lipinski definition) is 3. The van der Waals surface area contributed by atoms with Crippen LogP contribution in [0, 0.1) is 29.6 Å². The summed E-state index contributed by atoms with van der Waals surface area (Å²) in [5, 5.41) is 26.6. The first kappa shape index (κ1) is 37.5. The smallest absolute Gasteiger partial charge is 0.241 e. The summed E-state index contributed by atoms with van der Waals surface area (Å²) in [4.78, 5) is 30.8. The van der Waals surface area contributed by atoms with Gasteiger partial charge in [0.25, 0.3) is 0 Å². The highest BCUT2D eigenvalue weighted by Gasteiger charge is 2.57. The topological polar surface area (TPSA) is 130 Å². The van der Waals surface area contributed by atoms with E-state index in [1.54, 1.807) is 19.1 Å². The Labute approximate surface area is 277 Å². The zero-order valence-corrected chi connectivity index (χ0v) is 30.0. The molecule has 0 spiro atoms. The van der Waals surface area contributed by atoms with Crippen molar-refractivity contribution in [2.45, 2.75) is 141 Å². The van der Waals surface area contributed by atoms with Crippen LogP contribution in [0.4, 0.5) is 0 Å². The number of rotatable bonds is 6. The molecular weight excluding hydrogens is 590 g/mol. The van der Waals surface area contributed by atoms with Crippen molar-refractivity contribution in [1.82, 2.24) is 15.1 Å². The second-order valence-electron chi connectivity index (χ2n) is 15.6. The number of nitrogens with zero attached hydrogens (tertiary/aromatic N) is 2. The van der Waals surface area contributed by atoms with Crippen molar-refractivity contribution in [3.05, 3.63) is 0 Å². The Balaban J connectivity index is 1.74. The predicted molar refractivity (Wildman–Crippen MR) is 175 cm³/mol. The van der Waals surface area contributed by atoms with Gasteiger partial charge in [-0.1, -0.05) is 27.7 Å². The highest BCUT2D eigenvalue weighted by atomic mass is 16.7. The number of ether oxygens (including phenoxy) is 4. The molecule has 0 aliphatic carbocycles. The van der Waals surface area contributed by atoms with Crippen LogP contribution >= 0.6 is 0 Å². The number of carbonyl (C=O) groups is 2. The summed E-state index contributed by atoms with van der Waals surface area (Å²) in [6.45, 7) is 15.4. The Bertz CT molecular complexity index is 1050. The van der Waals surface area contributed by atoms with Gasteiger partial charge in [-0.2, -0.15) is 0 Å². The highest BCUT2D eigenvalue weighted by Crippen LogP contribution is 2.49. The molecule has 4 fully saturated rings. The molecule has 0 aromatic rings. The molecule has 3 N–H and O–H groups in total. The van der Waals surface area contributed by atoms with Gasteiger partial charge in [-0.25, -0.2) is 0 Å². The Kier molecular flexibility index (Phi) is 12.3. The Morgan fingerprint density at radius 1 is 1.09 bits per heavy atom. The van der Waals surface area contributed by atoms with Crippen LogP contribution in [0.1, 0.15) is 87.0 Å². The fourth-order valence-electron chi connectivity index (χ4n) is 9.21. The molecule has 4 aliphatic heterocycles. The molecule has 0 unspecified atom stereocenters. The average molecular weight is 654 g/mol. The van der Waals surface area contributed by atoms with Gasteiger partial charge < -0.3 is 44.3 Å². The van der Waals surface area contributed by atoms with Crippen LogP contribution in [-0.2, 0) is 28.5 Å². The van der Waals surface area contributed by atoms with E-state index < -0.39 is 41.7 Å². The summed E-state index contributed by atoms with van der Waals surface area (Å²) in [6, 6.07) is 0.203. The van der Waals surface area contributed by atoms with Crippen molar-refractivity contribution in [2.75, 3.05) is 40.8 Å². The van der Waals surface area contributed by atoms with E-state index in [4.69, 9.17) is 18.9 Å². The maximum absolute atomic E-state index is 13.7. The zero-order chi connectivity index (χ0) is 34.1. The lowest BCUT2D eigenvalue weighted by Gasteiger charge is -2.56. The molecule has 266 valence electrons. The molecule has 0 aromatic heterocycles. The monoisotopic (exact) mass is 653 g/mol. The van der Waals surface area contributed by atoms with Gasteiger partial charge in [0.15, 0.2) is 6.29 Å². The van der Waals surface area contributed by atoms with Crippen LogP contribution in [0.3, 0.4) is 0 Å². The standard InChI is InChI=1S/C35H63N3O8/c1-11-12-37(8)28-13-21(3)44-33-27(28)17-35(42)15-20(2)19-38(9)29(39)18-36-32(41)23(5)26(22(4)31(35)46-33)14-25-16-34(7,43-10)30(40)24(6)45-25/h20-28,30-31,33,40,42H,11-19H2,1-10H3,(H,36,41)/t20-,21-,22+,23-,24+,25+,26+,27-,28+,30+,31-,33+,34-,35+/m1/s1. The predicted octanol–water partition coefficient (Wildman–Crippen LogP) is 2.80. The summed E-state index contributed by atoms with van der Waals surface area (Å²) < 4.78 is 25.6. The quantitative estimate of drug-likeness (QED) is 0.396. The van der Waals surface area contributed by atoms with Crippen LogP contribution in [-0.4, -0.2) is 127 Å².